The number of allylic oxidation sites excluding steroid dienone is 3. The van der Waals surface area contributed by atoms with Crippen molar-refractivity contribution in [3.05, 3.63) is 23.0 Å². The number of methoxy groups -OCH3 is 1. The molecule has 3 unspecified atom stereocenters. The van der Waals surface area contributed by atoms with Crippen LogP contribution in [-0.4, -0.2) is 29.9 Å². The smallest absolute Gasteiger partial charge is 0.224 e. The minimum absolute atomic E-state index is 0.0130. The molecule has 0 spiro atoms. The number of aliphatic hydroxyl groups excluding tert-OH is 1. The molecule has 0 radical (unpaired) electrons. The van der Waals surface area contributed by atoms with Gasteiger partial charge in [-0.3, -0.25) is 9.59 Å². The zero-order chi connectivity index (χ0) is 16.4. The van der Waals surface area contributed by atoms with E-state index in [9.17, 15) is 14.7 Å². The van der Waals surface area contributed by atoms with Crippen molar-refractivity contribution in [1.82, 2.24) is 0 Å². The van der Waals surface area contributed by atoms with E-state index in [0.717, 1.165) is 43.3 Å². The molecule has 0 aromatic rings. The van der Waals surface area contributed by atoms with Gasteiger partial charge in [-0.25, -0.2) is 0 Å². The average molecular weight is 316 g/mol. The van der Waals surface area contributed by atoms with Crippen molar-refractivity contribution in [1.29, 1.82) is 0 Å². The lowest BCUT2D eigenvalue weighted by Gasteiger charge is -2.50. The van der Waals surface area contributed by atoms with Crippen molar-refractivity contribution in [3.8, 4) is 0 Å². The van der Waals surface area contributed by atoms with Crippen LogP contribution in [0.25, 0.3) is 0 Å². The van der Waals surface area contributed by atoms with Crippen molar-refractivity contribution in [2.75, 3.05) is 7.11 Å². The van der Waals surface area contributed by atoms with Gasteiger partial charge in [-0.2, -0.15) is 0 Å². The van der Waals surface area contributed by atoms with E-state index in [1.807, 2.05) is 0 Å². The van der Waals surface area contributed by atoms with Crippen LogP contribution in [0.4, 0.5) is 0 Å². The SMILES string of the molecule is COC1=CC(=O)C2=C(C1=O)C1CC[C@@]3(C)C(CC[C@@H]3O)C1CC2. The predicted octanol–water partition coefficient (Wildman–Crippen LogP) is 2.56. The summed E-state index contributed by atoms with van der Waals surface area (Å²) in [7, 11) is 1.45. The maximum absolute atomic E-state index is 12.8. The lowest BCUT2D eigenvalue weighted by atomic mass is 9.54. The number of aliphatic hydroxyl groups is 1. The monoisotopic (exact) mass is 316 g/mol. The summed E-state index contributed by atoms with van der Waals surface area (Å²) in [5.41, 5.74) is 1.44. The maximum Gasteiger partial charge on any atom is 0.224 e. The highest BCUT2D eigenvalue weighted by atomic mass is 16.5. The largest absolute Gasteiger partial charge is 0.493 e. The number of hydrogen-bond donors (Lipinski definition) is 1. The van der Waals surface area contributed by atoms with Crippen LogP contribution in [0.3, 0.4) is 0 Å². The molecular weight excluding hydrogens is 292 g/mol. The van der Waals surface area contributed by atoms with Crippen LogP contribution in [-0.2, 0) is 14.3 Å². The number of fused-ring (bicyclic) bond motifs is 4. The molecule has 4 nitrogen and oxygen atoms in total. The van der Waals surface area contributed by atoms with Gasteiger partial charge in [-0.05, 0) is 61.7 Å². The van der Waals surface area contributed by atoms with Crippen LogP contribution in [0.2, 0.25) is 0 Å². The van der Waals surface area contributed by atoms with E-state index in [2.05, 4.69) is 6.92 Å². The zero-order valence-corrected chi connectivity index (χ0v) is 13.8. The third kappa shape index (κ3) is 1.94. The molecule has 4 aliphatic carbocycles. The summed E-state index contributed by atoms with van der Waals surface area (Å²) in [5, 5.41) is 10.4. The Kier molecular flexibility index (Phi) is 3.31. The van der Waals surface area contributed by atoms with Crippen molar-refractivity contribution < 1.29 is 19.4 Å². The van der Waals surface area contributed by atoms with Gasteiger partial charge in [-0.1, -0.05) is 6.92 Å². The molecule has 0 aromatic carbocycles. The molecule has 5 atom stereocenters. The summed E-state index contributed by atoms with van der Waals surface area (Å²) >= 11 is 0. The number of carbonyl (C=O) groups is 2. The fourth-order valence-corrected chi connectivity index (χ4v) is 5.81. The molecule has 124 valence electrons. The van der Waals surface area contributed by atoms with Gasteiger partial charge in [0.25, 0.3) is 0 Å². The third-order valence-electron chi connectivity index (χ3n) is 7.06. The van der Waals surface area contributed by atoms with E-state index in [1.165, 1.54) is 13.2 Å². The highest BCUT2D eigenvalue weighted by molar-refractivity contribution is 6.22. The summed E-state index contributed by atoms with van der Waals surface area (Å²) < 4.78 is 5.14. The number of Topliss-reactive ketones (excluding diaryl/α,β-unsaturated/α-hetero) is 1. The molecule has 2 saturated carbocycles. The Morgan fingerprint density at radius 2 is 2.00 bits per heavy atom. The van der Waals surface area contributed by atoms with Crippen LogP contribution in [0.15, 0.2) is 23.0 Å². The van der Waals surface area contributed by atoms with Gasteiger partial charge in [0.1, 0.15) is 0 Å². The van der Waals surface area contributed by atoms with Crippen molar-refractivity contribution in [3.63, 3.8) is 0 Å². The summed E-state index contributed by atoms with van der Waals surface area (Å²) in [6, 6.07) is 0. The zero-order valence-electron chi connectivity index (χ0n) is 13.8. The van der Waals surface area contributed by atoms with Crippen LogP contribution in [0.5, 0.6) is 0 Å². The number of ketones is 2. The van der Waals surface area contributed by atoms with Gasteiger partial charge in [0.15, 0.2) is 11.5 Å². The molecule has 0 bridgehead atoms. The summed E-state index contributed by atoms with van der Waals surface area (Å²) in [4.78, 5) is 25.1. The minimum Gasteiger partial charge on any atom is -0.493 e. The molecule has 1 N–H and O–H groups in total. The Balaban J connectivity index is 1.72. The van der Waals surface area contributed by atoms with Crippen LogP contribution >= 0.6 is 0 Å². The van der Waals surface area contributed by atoms with Crippen molar-refractivity contribution in [2.24, 2.45) is 23.2 Å². The Morgan fingerprint density at radius 3 is 2.74 bits per heavy atom. The van der Waals surface area contributed by atoms with E-state index in [0.29, 0.717) is 18.3 Å². The molecule has 0 aliphatic heterocycles. The first-order chi connectivity index (χ1) is 11.0. The van der Waals surface area contributed by atoms with Crippen LogP contribution in [0, 0.1) is 23.2 Å². The standard InChI is InChI=1S/C19H24O4/c1-19-8-7-11-10(13(19)5-6-16(19)21)3-4-12-14(20)9-15(23-2)18(22)17(11)12/h9-11,13,16,21H,3-8H2,1-2H3/t10?,11?,13?,16-,19-/m0/s1. The average Bonchev–Trinajstić information content (AvgIpc) is 2.85. The number of ether oxygens (including phenoxy) is 1. The second-order valence-electron chi connectivity index (χ2n) is 7.85. The first-order valence-corrected chi connectivity index (χ1v) is 8.73. The fraction of sp³-hybridized carbons (Fsp3) is 0.684. The van der Waals surface area contributed by atoms with Gasteiger partial charge >= 0.3 is 0 Å². The van der Waals surface area contributed by atoms with Gasteiger partial charge in [0.05, 0.1) is 13.2 Å². The summed E-state index contributed by atoms with van der Waals surface area (Å²) in [6.45, 7) is 2.21. The molecule has 23 heavy (non-hydrogen) atoms. The molecule has 0 aromatic heterocycles. The van der Waals surface area contributed by atoms with Gasteiger partial charge in [0, 0.05) is 17.2 Å². The van der Waals surface area contributed by atoms with Gasteiger partial charge in [-0.15, -0.1) is 0 Å². The second kappa shape index (κ2) is 5.04. The van der Waals surface area contributed by atoms with Crippen LogP contribution < -0.4 is 0 Å². The van der Waals surface area contributed by atoms with E-state index in [4.69, 9.17) is 4.74 Å². The van der Waals surface area contributed by atoms with Gasteiger partial charge in [0.2, 0.25) is 5.78 Å². The van der Waals surface area contributed by atoms with Crippen LogP contribution in [0.1, 0.15) is 45.4 Å². The molecule has 4 heteroatoms. The molecule has 0 heterocycles. The molecule has 4 rings (SSSR count). The van der Waals surface area contributed by atoms with E-state index < -0.39 is 0 Å². The van der Waals surface area contributed by atoms with E-state index in [-0.39, 0.29) is 34.8 Å². The summed E-state index contributed by atoms with van der Waals surface area (Å²) in [6.07, 6.45) is 6.52. The lowest BCUT2D eigenvalue weighted by molar-refractivity contribution is -0.120. The summed E-state index contributed by atoms with van der Waals surface area (Å²) in [5.74, 6) is 1.10. The van der Waals surface area contributed by atoms with E-state index >= 15 is 0 Å². The first-order valence-electron chi connectivity index (χ1n) is 8.73. The quantitative estimate of drug-likeness (QED) is 0.755. The predicted molar refractivity (Wildman–Crippen MR) is 84.4 cm³/mol. The Morgan fingerprint density at radius 1 is 1.22 bits per heavy atom. The highest BCUT2D eigenvalue weighted by Gasteiger charge is 2.56. The van der Waals surface area contributed by atoms with Crippen molar-refractivity contribution >= 4 is 11.6 Å². The second-order valence-corrected chi connectivity index (χ2v) is 7.85. The maximum atomic E-state index is 12.8. The molecule has 0 saturated heterocycles. The fourth-order valence-electron chi connectivity index (χ4n) is 5.81. The normalized spacial score (nSPS) is 42.8. The minimum atomic E-state index is -0.220. The Bertz CT molecular complexity index is 644. The molecule has 0 amide bonds. The molecular formula is C19H24O4. The Hall–Kier alpha value is -1.42. The first kappa shape index (κ1) is 15.1. The number of rotatable bonds is 1. The molecule has 2 fully saturated rings. The lowest BCUT2D eigenvalue weighted by Crippen LogP contribution is -2.46. The van der Waals surface area contributed by atoms with Crippen molar-refractivity contribution in [2.45, 2.75) is 51.6 Å². The third-order valence-corrected chi connectivity index (χ3v) is 7.06. The Labute approximate surface area is 136 Å². The van der Waals surface area contributed by atoms with Gasteiger partial charge < -0.3 is 9.84 Å². The molecule has 4 aliphatic rings. The highest BCUT2D eigenvalue weighted by Crippen LogP contribution is 2.60. The number of hydrogen-bond acceptors (Lipinski definition) is 4. The van der Waals surface area contributed by atoms with E-state index in [1.54, 1.807) is 0 Å². The number of carbonyl (C=O) groups excluding carboxylic acids is 2. The topological polar surface area (TPSA) is 63.6 Å².